The number of hydrogen-bond acceptors (Lipinski definition) is 8. The van der Waals surface area contributed by atoms with E-state index in [1.807, 2.05) is 0 Å². The highest BCUT2D eigenvalue weighted by molar-refractivity contribution is 7.89. The van der Waals surface area contributed by atoms with Crippen molar-refractivity contribution < 1.29 is 8.42 Å². The first-order chi connectivity index (χ1) is 14.3. The van der Waals surface area contributed by atoms with Crippen LogP contribution in [0.2, 0.25) is 5.02 Å². The van der Waals surface area contributed by atoms with Crippen LogP contribution in [0.3, 0.4) is 0 Å². The Morgan fingerprint density at radius 1 is 0.967 bits per heavy atom. The number of anilines is 5. The molecular weight excluding hydrogens is 426 g/mol. The van der Waals surface area contributed by atoms with Crippen molar-refractivity contribution in [2.24, 2.45) is 0 Å². The van der Waals surface area contributed by atoms with Gasteiger partial charge in [-0.05, 0) is 36.4 Å². The van der Waals surface area contributed by atoms with Gasteiger partial charge in [0.05, 0.1) is 9.92 Å². The molecule has 0 aliphatic heterocycles. The highest BCUT2D eigenvalue weighted by atomic mass is 35.5. The van der Waals surface area contributed by atoms with Crippen molar-refractivity contribution in [2.45, 2.75) is 18.7 Å². The zero-order valence-electron chi connectivity index (χ0n) is 16.5. The van der Waals surface area contributed by atoms with Gasteiger partial charge in [0.15, 0.2) is 11.6 Å². The van der Waals surface area contributed by atoms with Crippen molar-refractivity contribution in [1.82, 2.24) is 19.3 Å². The first-order valence-electron chi connectivity index (χ1n) is 9.21. The zero-order chi connectivity index (χ0) is 21.7. The number of hydrogen-bond donors (Lipinski definition) is 3. The van der Waals surface area contributed by atoms with Gasteiger partial charge in [0.25, 0.3) is 0 Å². The monoisotopic (exact) mass is 447 g/mol. The molecule has 1 aromatic carbocycles. The summed E-state index contributed by atoms with van der Waals surface area (Å²) in [7, 11) is -3.51. The van der Waals surface area contributed by atoms with Crippen LogP contribution < -0.4 is 16.4 Å². The number of aromatic nitrogens is 3. The van der Waals surface area contributed by atoms with Crippen LogP contribution in [-0.4, -0.2) is 40.8 Å². The van der Waals surface area contributed by atoms with E-state index in [-0.39, 0.29) is 10.6 Å². The van der Waals surface area contributed by atoms with Crippen LogP contribution in [0.25, 0.3) is 0 Å². The maximum atomic E-state index is 12.6. The average molecular weight is 448 g/mol. The third kappa shape index (κ3) is 4.78. The van der Waals surface area contributed by atoms with Crippen LogP contribution in [0.15, 0.2) is 53.8 Å². The van der Waals surface area contributed by atoms with Gasteiger partial charge in [0, 0.05) is 25.0 Å². The van der Waals surface area contributed by atoms with E-state index in [2.05, 4.69) is 25.6 Å². The van der Waals surface area contributed by atoms with Gasteiger partial charge in [-0.3, -0.25) is 0 Å². The Kier molecular flexibility index (Phi) is 6.70. The maximum Gasteiger partial charge on any atom is 0.243 e. The molecular formula is C19H22ClN7O2S. The van der Waals surface area contributed by atoms with Gasteiger partial charge in [0.1, 0.15) is 17.8 Å². The summed E-state index contributed by atoms with van der Waals surface area (Å²) >= 11 is 5.84. The SMILES string of the molecule is CCN(CC)S(=O)(=O)c1ccc(Nc2ncnc(Nc3ccc(Cl)cn3)c2N)cc1. The second-order valence-electron chi connectivity index (χ2n) is 6.21. The number of nitrogens with zero attached hydrogens (tertiary/aromatic N) is 4. The Morgan fingerprint density at radius 3 is 2.17 bits per heavy atom. The predicted molar refractivity (Wildman–Crippen MR) is 119 cm³/mol. The molecule has 2 heterocycles. The minimum Gasteiger partial charge on any atom is -0.393 e. The number of rotatable bonds is 8. The van der Waals surface area contributed by atoms with E-state index in [0.717, 1.165) is 0 Å². The standard InChI is InChI=1S/C19H22ClN7O2S/c1-3-27(4-2)30(28,29)15-8-6-14(7-9-15)25-18-17(21)19(24-12-23-18)26-16-10-5-13(20)11-22-16/h5-12H,3-4,21H2,1-2H3,(H2,22,23,24,25,26). The molecule has 0 unspecified atom stereocenters. The molecule has 30 heavy (non-hydrogen) atoms. The third-order valence-electron chi connectivity index (χ3n) is 4.32. The van der Waals surface area contributed by atoms with Gasteiger partial charge in [-0.2, -0.15) is 4.31 Å². The summed E-state index contributed by atoms with van der Waals surface area (Å²) < 4.78 is 26.6. The minimum atomic E-state index is -3.51. The van der Waals surface area contributed by atoms with Crippen LogP contribution in [0.5, 0.6) is 0 Å². The topological polar surface area (TPSA) is 126 Å². The summed E-state index contributed by atoms with van der Waals surface area (Å²) in [4.78, 5) is 12.7. The van der Waals surface area contributed by atoms with Crippen LogP contribution in [0.4, 0.5) is 28.8 Å². The summed E-state index contributed by atoms with van der Waals surface area (Å²) in [6.45, 7) is 4.43. The number of nitrogens with two attached hydrogens (primary N) is 1. The minimum absolute atomic E-state index is 0.226. The zero-order valence-corrected chi connectivity index (χ0v) is 18.1. The molecule has 0 saturated heterocycles. The van der Waals surface area contributed by atoms with Crippen LogP contribution in [0.1, 0.15) is 13.8 Å². The Hall–Kier alpha value is -2.95. The molecule has 0 fully saturated rings. The molecule has 0 atom stereocenters. The number of nitrogen functional groups attached to an aromatic ring is 1. The molecule has 2 aromatic heterocycles. The highest BCUT2D eigenvalue weighted by Crippen LogP contribution is 2.28. The quantitative estimate of drug-likeness (QED) is 0.477. The fourth-order valence-corrected chi connectivity index (χ4v) is 4.30. The van der Waals surface area contributed by atoms with Gasteiger partial charge >= 0.3 is 0 Å². The van der Waals surface area contributed by atoms with Crippen molar-refractivity contribution in [2.75, 3.05) is 29.5 Å². The molecule has 0 amide bonds. The molecule has 3 rings (SSSR count). The molecule has 0 aliphatic rings. The van der Waals surface area contributed by atoms with Crippen molar-refractivity contribution in [3.8, 4) is 0 Å². The van der Waals surface area contributed by atoms with Crippen molar-refractivity contribution in [3.63, 3.8) is 0 Å². The Balaban J connectivity index is 1.79. The lowest BCUT2D eigenvalue weighted by molar-refractivity contribution is 0.445. The molecule has 0 bridgehead atoms. The number of pyridine rings is 1. The van der Waals surface area contributed by atoms with Crippen molar-refractivity contribution >= 4 is 50.5 Å². The second kappa shape index (κ2) is 9.24. The first-order valence-corrected chi connectivity index (χ1v) is 11.0. The molecule has 11 heteroatoms. The summed E-state index contributed by atoms with van der Waals surface area (Å²) in [6, 6.07) is 9.80. The van der Waals surface area contributed by atoms with E-state index >= 15 is 0 Å². The van der Waals surface area contributed by atoms with Gasteiger partial charge in [0.2, 0.25) is 10.0 Å². The lowest BCUT2D eigenvalue weighted by atomic mass is 10.3. The van der Waals surface area contributed by atoms with E-state index in [1.165, 1.54) is 16.8 Å². The average Bonchev–Trinajstić information content (AvgIpc) is 2.73. The highest BCUT2D eigenvalue weighted by Gasteiger charge is 2.21. The normalized spacial score (nSPS) is 11.5. The Morgan fingerprint density at radius 2 is 1.60 bits per heavy atom. The molecule has 0 radical (unpaired) electrons. The molecule has 158 valence electrons. The fraction of sp³-hybridized carbons (Fsp3) is 0.211. The summed E-state index contributed by atoms with van der Waals surface area (Å²) in [5, 5.41) is 6.61. The Bertz CT molecular complexity index is 1100. The smallest absolute Gasteiger partial charge is 0.243 e. The molecule has 3 aromatic rings. The number of halogens is 1. The van der Waals surface area contributed by atoms with E-state index in [0.29, 0.717) is 41.3 Å². The molecule has 9 nitrogen and oxygen atoms in total. The lowest BCUT2D eigenvalue weighted by Crippen LogP contribution is -2.30. The van der Waals surface area contributed by atoms with E-state index in [4.69, 9.17) is 17.3 Å². The molecule has 0 spiro atoms. The largest absolute Gasteiger partial charge is 0.393 e. The van der Waals surface area contributed by atoms with Crippen LogP contribution >= 0.6 is 11.6 Å². The van der Waals surface area contributed by atoms with Gasteiger partial charge < -0.3 is 16.4 Å². The molecule has 4 N–H and O–H groups in total. The van der Waals surface area contributed by atoms with Gasteiger partial charge in [-0.1, -0.05) is 25.4 Å². The first kappa shape index (κ1) is 21.8. The molecule has 0 saturated carbocycles. The van der Waals surface area contributed by atoms with E-state index in [1.54, 1.807) is 50.2 Å². The fourth-order valence-electron chi connectivity index (χ4n) is 2.73. The lowest BCUT2D eigenvalue weighted by Gasteiger charge is -2.18. The second-order valence-corrected chi connectivity index (χ2v) is 8.58. The van der Waals surface area contributed by atoms with Crippen LogP contribution in [0, 0.1) is 0 Å². The van der Waals surface area contributed by atoms with Crippen LogP contribution in [-0.2, 0) is 10.0 Å². The van der Waals surface area contributed by atoms with Gasteiger partial charge in [-0.15, -0.1) is 0 Å². The summed E-state index contributed by atoms with van der Waals surface area (Å²) in [5.74, 6) is 1.28. The molecule has 0 aliphatic carbocycles. The van der Waals surface area contributed by atoms with E-state index < -0.39 is 10.0 Å². The predicted octanol–water partition coefficient (Wildman–Crippen LogP) is 3.62. The van der Waals surface area contributed by atoms with Crippen molar-refractivity contribution in [3.05, 3.63) is 53.9 Å². The number of sulfonamides is 1. The summed E-state index contributed by atoms with van der Waals surface area (Å²) in [6.07, 6.45) is 2.87. The third-order valence-corrected chi connectivity index (χ3v) is 6.61. The van der Waals surface area contributed by atoms with Gasteiger partial charge in [-0.25, -0.2) is 23.4 Å². The maximum absolute atomic E-state index is 12.6. The Labute approximate surface area is 180 Å². The van der Waals surface area contributed by atoms with Crippen molar-refractivity contribution in [1.29, 1.82) is 0 Å². The summed E-state index contributed by atoms with van der Waals surface area (Å²) in [5.41, 5.74) is 7.10. The van der Waals surface area contributed by atoms with E-state index in [9.17, 15) is 8.42 Å². The number of benzene rings is 1. The number of nitrogens with one attached hydrogen (secondary N) is 2.